The highest BCUT2D eigenvalue weighted by Gasteiger charge is 2.07. The molecule has 0 bridgehead atoms. The molecule has 0 aliphatic rings. The summed E-state index contributed by atoms with van der Waals surface area (Å²) in [6.07, 6.45) is 1.61. The number of pyridine rings is 1. The van der Waals surface area contributed by atoms with Crippen LogP contribution >= 0.6 is 0 Å². The molecular weight excluding hydrogens is 294 g/mol. The van der Waals surface area contributed by atoms with Crippen molar-refractivity contribution < 1.29 is 14.3 Å². The third-order valence-electron chi connectivity index (χ3n) is 3.25. The van der Waals surface area contributed by atoms with Gasteiger partial charge >= 0.3 is 0 Å². The molecule has 0 unspecified atom stereocenters. The Morgan fingerprint density at radius 2 is 1.96 bits per heavy atom. The van der Waals surface area contributed by atoms with Crippen LogP contribution in [0.5, 0.6) is 5.75 Å². The van der Waals surface area contributed by atoms with Crippen LogP contribution in [0.3, 0.4) is 0 Å². The fraction of sp³-hybridized carbons (Fsp3) is 0.294. The molecule has 23 heavy (non-hydrogen) atoms. The van der Waals surface area contributed by atoms with E-state index in [1.165, 1.54) is 0 Å². The molecule has 0 spiro atoms. The quantitative estimate of drug-likeness (QED) is 0.730. The first-order chi connectivity index (χ1) is 11.2. The van der Waals surface area contributed by atoms with Gasteiger partial charge in [-0.15, -0.1) is 0 Å². The Bertz CT molecular complexity index is 629. The molecule has 0 radical (unpaired) electrons. The third-order valence-corrected chi connectivity index (χ3v) is 3.25. The molecule has 0 fully saturated rings. The predicted molar refractivity (Wildman–Crippen MR) is 88.8 cm³/mol. The number of carbonyl (C=O) groups is 1. The van der Waals surface area contributed by atoms with Crippen LogP contribution in [-0.2, 0) is 11.3 Å². The van der Waals surface area contributed by atoms with Gasteiger partial charge in [0.25, 0.3) is 5.91 Å². The van der Waals surface area contributed by atoms with Crippen LogP contribution in [0.2, 0.25) is 0 Å². The molecular formula is C17H21N3O3. The summed E-state index contributed by atoms with van der Waals surface area (Å²) in [5.74, 6) is 1.30. The minimum Gasteiger partial charge on any atom is -0.497 e. The lowest BCUT2D eigenvalue weighted by Gasteiger charge is -2.08. The Morgan fingerprint density at radius 1 is 1.17 bits per heavy atom. The number of nitrogens with one attached hydrogen (secondary N) is 2. The standard InChI is InChI=1S/C17H21N3O3/c1-22-10-9-19-16-11-14(7-8-18-16)17(21)20-12-13-3-5-15(23-2)6-4-13/h3-8,11H,9-10,12H2,1-2H3,(H,18,19)(H,20,21). The molecule has 2 N–H and O–H groups in total. The zero-order chi connectivity index (χ0) is 16.5. The van der Waals surface area contributed by atoms with Crippen molar-refractivity contribution >= 4 is 11.7 Å². The van der Waals surface area contributed by atoms with Gasteiger partial charge in [-0.3, -0.25) is 4.79 Å². The number of nitrogens with zero attached hydrogens (tertiary/aromatic N) is 1. The van der Waals surface area contributed by atoms with Crippen molar-refractivity contribution in [2.45, 2.75) is 6.54 Å². The van der Waals surface area contributed by atoms with E-state index in [4.69, 9.17) is 9.47 Å². The molecule has 122 valence electrons. The number of aromatic nitrogens is 1. The van der Waals surface area contributed by atoms with Gasteiger partial charge in [0.05, 0.1) is 13.7 Å². The van der Waals surface area contributed by atoms with E-state index in [1.54, 1.807) is 32.5 Å². The van der Waals surface area contributed by atoms with Gasteiger partial charge in [0, 0.05) is 32.0 Å². The molecule has 1 heterocycles. The molecule has 2 aromatic rings. The second-order valence-corrected chi connectivity index (χ2v) is 4.88. The summed E-state index contributed by atoms with van der Waals surface area (Å²) in [6, 6.07) is 11.0. The first-order valence-electron chi connectivity index (χ1n) is 7.33. The zero-order valence-electron chi connectivity index (χ0n) is 13.3. The van der Waals surface area contributed by atoms with Crippen molar-refractivity contribution in [3.05, 3.63) is 53.7 Å². The van der Waals surface area contributed by atoms with Crippen LogP contribution in [0.25, 0.3) is 0 Å². The Hall–Kier alpha value is -2.60. The maximum Gasteiger partial charge on any atom is 0.251 e. The van der Waals surface area contributed by atoms with Gasteiger partial charge in [-0.25, -0.2) is 4.98 Å². The normalized spacial score (nSPS) is 10.2. The van der Waals surface area contributed by atoms with E-state index in [-0.39, 0.29) is 5.91 Å². The maximum atomic E-state index is 12.2. The van der Waals surface area contributed by atoms with Crippen molar-refractivity contribution in [1.82, 2.24) is 10.3 Å². The molecule has 0 aliphatic carbocycles. The van der Waals surface area contributed by atoms with Crippen LogP contribution in [0.1, 0.15) is 15.9 Å². The smallest absolute Gasteiger partial charge is 0.251 e. The second kappa shape index (κ2) is 8.75. The van der Waals surface area contributed by atoms with Gasteiger partial charge in [-0.2, -0.15) is 0 Å². The van der Waals surface area contributed by atoms with Crippen molar-refractivity contribution in [2.24, 2.45) is 0 Å². The van der Waals surface area contributed by atoms with E-state index in [2.05, 4.69) is 15.6 Å². The topological polar surface area (TPSA) is 72.5 Å². The number of methoxy groups -OCH3 is 2. The lowest BCUT2D eigenvalue weighted by molar-refractivity contribution is 0.0951. The van der Waals surface area contributed by atoms with Crippen LogP contribution in [0, 0.1) is 0 Å². The summed E-state index contributed by atoms with van der Waals surface area (Å²) in [4.78, 5) is 16.4. The number of rotatable bonds is 8. The van der Waals surface area contributed by atoms with Gasteiger partial charge in [0.1, 0.15) is 11.6 Å². The van der Waals surface area contributed by atoms with E-state index in [1.807, 2.05) is 24.3 Å². The van der Waals surface area contributed by atoms with E-state index >= 15 is 0 Å². The first kappa shape index (κ1) is 16.8. The molecule has 0 atom stereocenters. The van der Waals surface area contributed by atoms with Crippen molar-refractivity contribution in [3.63, 3.8) is 0 Å². The fourth-order valence-corrected chi connectivity index (χ4v) is 1.98. The lowest BCUT2D eigenvalue weighted by atomic mass is 10.2. The number of anilines is 1. The van der Waals surface area contributed by atoms with Gasteiger partial charge in [0.15, 0.2) is 0 Å². The number of hydrogen-bond acceptors (Lipinski definition) is 5. The average Bonchev–Trinajstić information content (AvgIpc) is 2.60. The van der Waals surface area contributed by atoms with Gasteiger partial charge in [-0.1, -0.05) is 12.1 Å². The molecule has 0 saturated heterocycles. The summed E-state index contributed by atoms with van der Waals surface area (Å²) < 4.78 is 10.1. The maximum absolute atomic E-state index is 12.2. The largest absolute Gasteiger partial charge is 0.497 e. The summed E-state index contributed by atoms with van der Waals surface area (Å²) in [7, 11) is 3.26. The molecule has 0 saturated carbocycles. The van der Waals surface area contributed by atoms with Crippen molar-refractivity contribution in [2.75, 3.05) is 32.7 Å². The number of benzene rings is 1. The van der Waals surface area contributed by atoms with Crippen molar-refractivity contribution in [3.8, 4) is 5.75 Å². The number of amides is 1. The van der Waals surface area contributed by atoms with Crippen LogP contribution in [0.15, 0.2) is 42.6 Å². The average molecular weight is 315 g/mol. The molecule has 1 aromatic heterocycles. The van der Waals surface area contributed by atoms with Crippen LogP contribution < -0.4 is 15.4 Å². The highest BCUT2D eigenvalue weighted by Crippen LogP contribution is 2.11. The van der Waals surface area contributed by atoms with Gasteiger partial charge < -0.3 is 20.1 Å². The third kappa shape index (κ3) is 5.27. The Labute approximate surface area is 135 Å². The Morgan fingerprint density at radius 3 is 2.65 bits per heavy atom. The zero-order valence-corrected chi connectivity index (χ0v) is 13.3. The minimum absolute atomic E-state index is 0.141. The Balaban J connectivity index is 1.90. The summed E-state index contributed by atoms with van der Waals surface area (Å²) >= 11 is 0. The molecule has 1 amide bonds. The van der Waals surface area contributed by atoms with Gasteiger partial charge in [-0.05, 0) is 29.8 Å². The molecule has 6 nitrogen and oxygen atoms in total. The monoisotopic (exact) mass is 315 g/mol. The van der Waals surface area contributed by atoms with Crippen molar-refractivity contribution in [1.29, 1.82) is 0 Å². The van der Waals surface area contributed by atoms with E-state index in [0.717, 1.165) is 11.3 Å². The van der Waals surface area contributed by atoms with E-state index in [0.29, 0.717) is 31.1 Å². The first-order valence-corrected chi connectivity index (χ1v) is 7.33. The summed E-state index contributed by atoms with van der Waals surface area (Å²) in [5, 5.41) is 5.98. The number of carbonyl (C=O) groups excluding carboxylic acids is 1. The van der Waals surface area contributed by atoms with E-state index < -0.39 is 0 Å². The number of ether oxygens (including phenoxy) is 2. The summed E-state index contributed by atoms with van der Waals surface area (Å²) in [6.45, 7) is 1.67. The van der Waals surface area contributed by atoms with Crippen LogP contribution in [-0.4, -0.2) is 38.3 Å². The second-order valence-electron chi connectivity index (χ2n) is 4.88. The molecule has 0 aliphatic heterocycles. The lowest BCUT2D eigenvalue weighted by Crippen LogP contribution is -2.23. The predicted octanol–water partition coefficient (Wildman–Crippen LogP) is 2.08. The molecule has 6 heteroatoms. The number of hydrogen-bond donors (Lipinski definition) is 2. The minimum atomic E-state index is -0.141. The highest BCUT2D eigenvalue weighted by atomic mass is 16.5. The van der Waals surface area contributed by atoms with Gasteiger partial charge in [0.2, 0.25) is 0 Å². The summed E-state index contributed by atoms with van der Waals surface area (Å²) in [5.41, 5.74) is 1.57. The Kier molecular flexibility index (Phi) is 6.38. The fourth-order valence-electron chi connectivity index (χ4n) is 1.98. The SMILES string of the molecule is COCCNc1cc(C(=O)NCc2ccc(OC)cc2)ccn1. The van der Waals surface area contributed by atoms with E-state index in [9.17, 15) is 4.79 Å². The molecule has 2 rings (SSSR count). The molecule has 1 aromatic carbocycles. The highest BCUT2D eigenvalue weighted by molar-refractivity contribution is 5.94. The van der Waals surface area contributed by atoms with Crippen LogP contribution in [0.4, 0.5) is 5.82 Å².